The Bertz CT molecular complexity index is 346. The van der Waals surface area contributed by atoms with Crippen LogP contribution in [-0.4, -0.2) is 25.3 Å². The van der Waals surface area contributed by atoms with Crippen LogP contribution in [0.4, 0.5) is 4.39 Å². The third kappa shape index (κ3) is 3.51. The molecule has 0 spiro atoms. The Morgan fingerprint density at radius 3 is 2.59 bits per heavy atom. The highest BCUT2D eigenvalue weighted by Crippen LogP contribution is 2.23. The van der Waals surface area contributed by atoms with Crippen molar-refractivity contribution in [2.45, 2.75) is 44.4 Å². The summed E-state index contributed by atoms with van der Waals surface area (Å²) in [4.78, 5) is 0. The molecule has 0 saturated heterocycles. The van der Waals surface area contributed by atoms with Crippen molar-refractivity contribution in [3.63, 3.8) is 0 Å². The number of methoxy groups -OCH3 is 1. The van der Waals surface area contributed by atoms with E-state index in [1.54, 1.807) is 7.11 Å². The first-order chi connectivity index (χ1) is 8.17. The Morgan fingerprint density at radius 2 is 2.00 bits per heavy atom. The van der Waals surface area contributed by atoms with E-state index in [4.69, 9.17) is 4.74 Å². The molecule has 0 heterocycles. The van der Waals surface area contributed by atoms with Crippen molar-refractivity contribution >= 4 is 0 Å². The third-order valence-corrected chi connectivity index (χ3v) is 3.40. The summed E-state index contributed by atoms with van der Waals surface area (Å²) in [6.45, 7) is 2.17. The van der Waals surface area contributed by atoms with Crippen LogP contribution in [0.15, 0.2) is 24.3 Å². The van der Waals surface area contributed by atoms with E-state index in [1.807, 2.05) is 12.1 Å². The van der Waals surface area contributed by atoms with E-state index >= 15 is 0 Å². The van der Waals surface area contributed by atoms with Crippen LogP contribution in [-0.2, 0) is 11.2 Å². The zero-order chi connectivity index (χ0) is 12.3. The van der Waals surface area contributed by atoms with E-state index in [2.05, 4.69) is 12.2 Å². The number of nitrogens with one attached hydrogen (secondary N) is 1. The number of hydrogen-bond acceptors (Lipinski definition) is 2. The van der Waals surface area contributed by atoms with Gasteiger partial charge in [0.25, 0.3) is 0 Å². The Morgan fingerprint density at radius 1 is 1.35 bits per heavy atom. The van der Waals surface area contributed by atoms with Gasteiger partial charge in [-0.15, -0.1) is 0 Å². The molecular weight excluding hydrogens is 217 g/mol. The fourth-order valence-corrected chi connectivity index (χ4v) is 2.33. The number of rotatable bonds is 5. The van der Waals surface area contributed by atoms with Crippen LogP contribution in [0, 0.1) is 5.82 Å². The molecule has 0 radical (unpaired) electrons. The van der Waals surface area contributed by atoms with Gasteiger partial charge in [0, 0.05) is 19.2 Å². The van der Waals surface area contributed by atoms with Gasteiger partial charge in [0.2, 0.25) is 0 Å². The molecule has 1 fully saturated rings. The van der Waals surface area contributed by atoms with E-state index in [-0.39, 0.29) is 5.82 Å². The molecule has 1 aliphatic carbocycles. The summed E-state index contributed by atoms with van der Waals surface area (Å²) >= 11 is 0. The van der Waals surface area contributed by atoms with Crippen LogP contribution < -0.4 is 5.32 Å². The predicted molar refractivity (Wildman–Crippen MR) is 66.5 cm³/mol. The first-order valence-electron chi connectivity index (χ1n) is 6.20. The Balaban J connectivity index is 1.74. The second kappa shape index (κ2) is 5.61. The molecule has 1 aliphatic rings. The lowest BCUT2D eigenvalue weighted by Crippen LogP contribution is -2.48. The largest absolute Gasteiger partial charge is 0.381 e. The van der Waals surface area contributed by atoms with Gasteiger partial charge < -0.3 is 10.1 Å². The van der Waals surface area contributed by atoms with Crippen molar-refractivity contribution in [2.24, 2.45) is 0 Å². The van der Waals surface area contributed by atoms with Gasteiger partial charge in [0.1, 0.15) is 5.82 Å². The van der Waals surface area contributed by atoms with Crippen LogP contribution in [0.2, 0.25) is 0 Å². The van der Waals surface area contributed by atoms with Crippen molar-refractivity contribution in [3.8, 4) is 0 Å². The molecule has 1 N–H and O–H groups in total. The standard InChI is InChI=1S/C14H20FNO/c1-10(16-13-8-14(9-13)17-2)7-11-3-5-12(15)6-4-11/h3-6,10,13-14,16H,7-9H2,1-2H3. The minimum atomic E-state index is -0.170. The topological polar surface area (TPSA) is 21.3 Å². The quantitative estimate of drug-likeness (QED) is 0.849. The van der Waals surface area contributed by atoms with Gasteiger partial charge in [-0.1, -0.05) is 12.1 Å². The van der Waals surface area contributed by atoms with Gasteiger partial charge in [0.15, 0.2) is 0 Å². The summed E-state index contributed by atoms with van der Waals surface area (Å²) in [5, 5.41) is 3.57. The van der Waals surface area contributed by atoms with Gasteiger partial charge >= 0.3 is 0 Å². The summed E-state index contributed by atoms with van der Waals surface area (Å²) in [7, 11) is 1.77. The van der Waals surface area contributed by atoms with Gasteiger partial charge in [-0.05, 0) is 43.9 Å². The molecule has 17 heavy (non-hydrogen) atoms. The number of halogens is 1. The zero-order valence-corrected chi connectivity index (χ0v) is 10.4. The molecule has 2 nitrogen and oxygen atoms in total. The average Bonchev–Trinajstić information content (AvgIpc) is 2.26. The lowest BCUT2D eigenvalue weighted by Gasteiger charge is -2.36. The Kier molecular flexibility index (Phi) is 4.13. The number of hydrogen-bond donors (Lipinski definition) is 1. The van der Waals surface area contributed by atoms with Crippen molar-refractivity contribution in [3.05, 3.63) is 35.6 Å². The van der Waals surface area contributed by atoms with Crippen molar-refractivity contribution in [2.75, 3.05) is 7.11 Å². The van der Waals surface area contributed by atoms with Gasteiger partial charge in [0.05, 0.1) is 6.10 Å². The van der Waals surface area contributed by atoms with E-state index in [9.17, 15) is 4.39 Å². The van der Waals surface area contributed by atoms with Crippen LogP contribution in [0.5, 0.6) is 0 Å². The van der Waals surface area contributed by atoms with E-state index < -0.39 is 0 Å². The maximum atomic E-state index is 12.8. The van der Waals surface area contributed by atoms with E-state index in [0.717, 1.165) is 19.3 Å². The molecule has 0 bridgehead atoms. The second-order valence-corrected chi connectivity index (χ2v) is 4.92. The maximum absolute atomic E-state index is 12.8. The van der Waals surface area contributed by atoms with Crippen LogP contribution in [0.25, 0.3) is 0 Å². The molecule has 1 atom stereocenters. The molecule has 1 aromatic carbocycles. The molecule has 0 amide bonds. The summed E-state index contributed by atoms with van der Waals surface area (Å²) < 4.78 is 18.0. The SMILES string of the molecule is COC1CC(NC(C)Cc2ccc(F)cc2)C1. The van der Waals surface area contributed by atoms with Gasteiger partial charge in [-0.25, -0.2) is 4.39 Å². The summed E-state index contributed by atoms with van der Waals surface area (Å²) in [6, 6.07) is 7.75. The smallest absolute Gasteiger partial charge is 0.123 e. The monoisotopic (exact) mass is 237 g/mol. The maximum Gasteiger partial charge on any atom is 0.123 e. The minimum absolute atomic E-state index is 0.170. The zero-order valence-electron chi connectivity index (χ0n) is 10.4. The number of benzene rings is 1. The van der Waals surface area contributed by atoms with Crippen LogP contribution in [0.3, 0.4) is 0 Å². The Hall–Kier alpha value is -0.930. The normalized spacial score (nSPS) is 25.4. The molecule has 2 rings (SSSR count). The first-order valence-corrected chi connectivity index (χ1v) is 6.20. The van der Waals surface area contributed by atoms with E-state index in [1.165, 1.54) is 17.7 Å². The first kappa shape index (κ1) is 12.5. The molecule has 1 aromatic rings. The van der Waals surface area contributed by atoms with Crippen molar-refractivity contribution < 1.29 is 9.13 Å². The van der Waals surface area contributed by atoms with Crippen molar-refractivity contribution in [1.82, 2.24) is 5.32 Å². The second-order valence-electron chi connectivity index (χ2n) is 4.92. The highest BCUT2D eigenvalue weighted by molar-refractivity contribution is 5.17. The van der Waals surface area contributed by atoms with Crippen LogP contribution in [0.1, 0.15) is 25.3 Å². The predicted octanol–water partition coefficient (Wildman–Crippen LogP) is 2.52. The average molecular weight is 237 g/mol. The third-order valence-electron chi connectivity index (χ3n) is 3.40. The molecular formula is C14H20FNO. The minimum Gasteiger partial charge on any atom is -0.381 e. The molecule has 0 aliphatic heterocycles. The summed E-state index contributed by atoms with van der Waals surface area (Å²) in [6.07, 6.45) is 3.58. The summed E-state index contributed by atoms with van der Waals surface area (Å²) in [5.74, 6) is -0.170. The molecule has 1 saturated carbocycles. The summed E-state index contributed by atoms with van der Waals surface area (Å²) in [5.41, 5.74) is 1.18. The van der Waals surface area contributed by atoms with E-state index in [0.29, 0.717) is 18.2 Å². The molecule has 3 heteroatoms. The lowest BCUT2D eigenvalue weighted by molar-refractivity contribution is 0.0148. The fourth-order valence-electron chi connectivity index (χ4n) is 2.33. The van der Waals surface area contributed by atoms with Gasteiger partial charge in [-0.2, -0.15) is 0 Å². The van der Waals surface area contributed by atoms with Crippen molar-refractivity contribution in [1.29, 1.82) is 0 Å². The van der Waals surface area contributed by atoms with Crippen LogP contribution >= 0.6 is 0 Å². The fraction of sp³-hybridized carbons (Fsp3) is 0.571. The van der Waals surface area contributed by atoms with Gasteiger partial charge in [-0.3, -0.25) is 0 Å². The lowest BCUT2D eigenvalue weighted by atomic mass is 9.88. The highest BCUT2D eigenvalue weighted by Gasteiger charge is 2.29. The molecule has 1 unspecified atom stereocenters. The molecule has 94 valence electrons. The molecule has 0 aromatic heterocycles. The number of ether oxygens (including phenoxy) is 1. The Labute approximate surface area is 102 Å². The highest BCUT2D eigenvalue weighted by atomic mass is 19.1.